The molecule has 0 unspecified atom stereocenters. The molecule has 1 aromatic rings. The van der Waals surface area contributed by atoms with E-state index in [0.29, 0.717) is 19.3 Å². The number of hydrogen-bond acceptors (Lipinski definition) is 3. The Balaban J connectivity index is 2.52. The van der Waals surface area contributed by atoms with Crippen molar-refractivity contribution in [1.82, 2.24) is 0 Å². The van der Waals surface area contributed by atoms with Crippen LogP contribution in [0.25, 0.3) is 0 Å². The Morgan fingerprint density at radius 1 is 1.18 bits per heavy atom. The van der Waals surface area contributed by atoms with Gasteiger partial charge in [0.15, 0.2) is 0 Å². The number of nitrogens with one attached hydrogen (secondary N) is 1. The molecule has 0 fully saturated rings. The van der Waals surface area contributed by atoms with Crippen molar-refractivity contribution >= 4 is 29.3 Å². The molecule has 0 atom stereocenters. The van der Waals surface area contributed by atoms with Crippen LogP contribution in [-0.4, -0.2) is 21.7 Å². The number of aliphatic carboxylic acids is 1. The number of carbonyl (C=O) groups is 2. The summed E-state index contributed by atoms with van der Waals surface area (Å²) in [5.41, 5.74) is 1.86. The van der Waals surface area contributed by atoms with Gasteiger partial charge < -0.3 is 10.4 Å². The minimum atomic E-state index is -0.816. The number of aryl methyl sites for hydroxylation is 1. The number of carbonyl (C=O) groups excluding carboxylic acids is 1. The predicted octanol–water partition coefficient (Wildman–Crippen LogP) is 4.47. The third kappa shape index (κ3) is 7.50. The fourth-order valence-electron chi connectivity index (χ4n) is 1.97. The van der Waals surface area contributed by atoms with Gasteiger partial charge in [0, 0.05) is 28.2 Å². The SMILES string of the molecule is Cc1cc(SC(C)(C)C)ccc1NC(=O)CCCCC(=O)O. The van der Waals surface area contributed by atoms with Crippen LogP contribution < -0.4 is 5.32 Å². The topological polar surface area (TPSA) is 66.4 Å². The first-order valence-electron chi connectivity index (χ1n) is 7.49. The largest absolute Gasteiger partial charge is 0.481 e. The Hall–Kier alpha value is -1.49. The standard InChI is InChI=1S/C17H25NO3S/c1-12-11-13(22-17(2,3)4)9-10-14(12)18-15(19)7-5-6-8-16(20)21/h9-11H,5-8H2,1-4H3,(H,18,19)(H,20,21). The van der Waals surface area contributed by atoms with Crippen molar-refractivity contribution in [3.05, 3.63) is 23.8 Å². The van der Waals surface area contributed by atoms with Crippen LogP contribution in [0.5, 0.6) is 0 Å². The first kappa shape index (κ1) is 18.6. The molecular formula is C17H25NO3S. The third-order valence-electron chi connectivity index (χ3n) is 2.94. The molecule has 4 nitrogen and oxygen atoms in total. The lowest BCUT2D eigenvalue weighted by atomic mass is 10.1. The molecule has 1 amide bonds. The second kappa shape index (κ2) is 8.22. The normalized spacial score (nSPS) is 11.3. The van der Waals surface area contributed by atoms with Crippen molar-refractivity contribution in [2.24, 2.45) is 0 Å². The minimum Gasteiger partial charge on any atom is -0.481 e. The van der Waals surface area contributed by atoms with Gasteiger partial charge in [0.1, 0.15) is 0 Å². The molecule has 0 aliphatic heterocycles. The van der Waals surface area contributed by atoms with Gasteiger partial charge in [0.05, 0.1) is 0 Å². The van der Waals surface area contributed by atoms with Crippen LogP contribution in [0.1, 0.15) is 52.0 Å². The molecular weight excluding hydrogens is 298 g/mol. The summed E-state index contributed by atoms with van der Waals surface area (Å²) in [7, 11) is 0. The summed E-state index contributed by atoms with van der Waals surface area (Å²) in [6.07, 6.45) is 1.59. The van der Waals surface area contributed by atoms with Crippen LogP contribution in [0.4, 0.5) is 5.69 Å². The number of hydrogen-bond donors (Lipinski definition) is 2. The number of anilines is 1. The molecule has 0 saturated heterocycles. The van der Waals surface area contributed by atoms with Crippen LogP contribution in [-0.2, 0) is 9.59 Å². The van der Waals surface area contributed by atoms with Crippen molar-refractivity contribution in [3.8, 4) is 0 Å². The molecule has 0 bridgehead atoms. The van der Waals surface area contributed by atoms with E-state index in [4.69, 9.17) is 5.11 Å². The van der Waals surface area contributed by atoms with Crippen molar-refractivity contribution in [2.45, 2.75) is 63.0 Å². The van der Waals surface area contributed by atoms with Crippen molar-refractivity contribution < 1.29 is 14.7 Å². The Morgan fingerprint density at radius 2 is 1.82 bits per heavy atom. The first-order valence-corrected chi connectivity index (χ1v) is 8.30. The number of carboxylic acid groups (broad SMARTS) is 1. The molecule has 1 aromatic carbocycles. The van der Waals surface area contributed by atoms with Gasteiger partial charge in [-0.1, -0.05) is 20.8 Å². The van der Waals surface area contributed by atoms with Crippen LogP contribution in [0.15, 0.2) is 23.1 Å². The van der Waals surface area contributed by atoms with E-state index in [2.05, 4.69) is 32.2 Å². The Labute approximate surface area is 136 Å². The van der Waals surface area contributed by atoms with Crippen molar-refractivity contribution in [1.29, 1.82) is 0 Å². The summed E-state index contributed by atoms with van der Waals surface area (Å²) in [4.78, 5) is 23.5. The number of thioether (sulfide) groups is 1. The van der Waals surface area contributed by atoms with E-state index in [0.717, 1.165) is 11.3 Å². The Morgan fingerprint density at radius 3 is 2.36 bits per heavy atom. The lowest BCUT2D eigenvalue weighted by Crippen LogP contribution is -2.12. The van der Waals surface area contributed by atoms with Crippen LogP contribution >= 0.6 is 11.8 Å². The maximum absolute atomic E-state index is 11.9. The van der Waals surface area contributed by atoms with Crippen molar-refractivity contribution in [3.63, 3.8) is 0 Å². The molecule has 1 rings (SSSR count). The average Bonchev–Trinajstić information content (AvgIpc) is 2.36. The van der Waals surface area contributed by atoms with E-state index in [-0.39, 0.29) is 17.1 Å². The predicted molar refractivity (Wildman–Crippen MR) is 91.5 cm³/mol. The molecule has 0 aromatic heterocycles. The second-order valence-corrected chi connectivity index (χ2v) is 8.24. The van der Waals surface area contributed by atoms with Crippen LogP contribution in [0, 0.1) is 6.92 Å². The quantitative estimate of drug-likeness (QED) is 0.574. The highest BCUT2D eigenvalue weighted by atomic mass is 32.2. The molecule has 0 spiro atoms. The average molecular weight is 323 g/mol. The number of amides is 1. The van der Waals surface area contributed by atoms with Gasteiger partial charge in [0.25, 0.3) is 0 Å². The molecule has 122 valence electrons. The lowest BCUT2D eigenvalue weighted by Gasteiger charge is -2.18. The summed E-state index contributed by atoms with van der Waals surface area (Å²) in [5, 5.41) is 11.4. The second-order valence-electron chi connectivity index (χ2n) is 6.34. The van der Waals surface area contributed by atoms with Crippen LogP contribution in [0.3, 0.4) is 0 Å². The van der Waals surface area contributed by atoms with Gasteiger partial charge in [-0.15, -0.1) is 11.8 Å². The maximum Gasteiger partial charge on any atom is 0.303 e. The minimum absolute atomic E-state index is 0.0651. The number of unbranched alkanes of at least 4 members (excludes halogenated alkanes) is 1. The van der Waals surface area contributed by atoms with Crippen LogP contribution in [0.2, 0.25) is 0 Å². The highest BCUT2D eigenvalue weighted by Crippen LogP contribution is 2.33. The van der Waals surface area contributed by atoms with Gasteiger partial charge in [-0.2, -0.15) is 0 Å². The van der Waals surface area contributed by atoms with Gasteiger partial charge in [-0.05, 0) is 43.5 Å². The monoisotopic (exact) mass is 323 g/mol. The Bertz CT molecular complexity index is 535. The highest BCUT2D eigenvalue weighted by molar-refractivity contribution is 8.00. The van der Waals surface area contributed by atoms with E-state index in [1.54, 1.807) is 11.8 Å². The zero-order valence-corrected chi connectivity index (χ0v) is 14.5. The molecule has 22 heavy (non-hydrogen) atoms. The van der Waals surface area contributed by atoms with Gasteiger partial charge >= 0.3 is 5.97 Å². The lowest BCUT2D eigenvalue weighted by molar-refractivity contribution is -0.137. The zero-order chi connectivity index (χ0) is 16.8. The molecule has 0 saturated carbocycles. The summed E-state index contributed by atoms with van der Waals surface area (Å²) >= 11 is 1.79. The van der Waals surface area contributed by atoms with Gasteiger partial charge in [-0.3, -0.25) is 9.59 Å². The van der Waals surface area contributed by atoms with E-state index in [1.165, 1.54) is 4.90 Å². The summed E-state index contributed by atoms with van der Waals surface area (Å²) < 4.78 is 0.154. The summed E-state index contributed by atoms with van der Waals surface area (Å²) in [5.74, 6) is -0.882. The van der Waals surface area contributed by atoms with E-state index >= 15 is 0 Å². The van der Waals surface area contributed by atoms with E-state index < -0.39 is 5.97 Å². The smallest absolute Gasteiger partial charge is 0.303 e. The van der Waals surface area contributed by atoms with Crippen molar-refractivity contribution in [2.75, 3.05) is 5.32 Å². The fraction of sp³-hybridized carbons (Fsp3) is 0.529. The summed E-state index contributed by atoms with van der Waals surface area (Å²) in [6, 6.07) is 6.03. The molecule has 0 heterocycles. The molecule has 0 aliphatic rings. The molecule has 2 N–H and O–H groups in total. The number of benzene rings is 1. The van der Waals surface area contributed by atoms with Gasteiger partial charge in [0.2, 0.25) is 5.91 Å². The Kier molecular flexibility index (Phi) is 6.94. The third-order valence-corrected chi connectivity index (χ3v) is 4.04. The molecule has 5 heteroatoms. The van der Waals surface area contributed by atoms with E-state index in [9.17, 15) is 9.59 Å². The fourth-order valence-corrected chi connectivity index (χ4v) is 3.05. The first-order chi connectivity index (χ1) is 10.2. The van der Waals surface area contributed by atoms with E-state index in [1.807, 2.05) is 19.1 Å². The highest BCUT2D eigenvalue weighted by Gasteiger charge is 2.13. The number of carboxylic acids is 1. The number of rotatable bonds is 7. The maximum atomic E-state index is 11.9. The summed E-state index contributed by atoms with van der Waals surface area (Å²) in [6.45, 7) is 8.48. The molecule has 0 aliphatic carbocycles. The molecule has 0 radical (unpaired) electrons. The van der Waals surface area contributed by atoms with Gasteiger partial charge in [-0.25, -0.2) is 0 Å². The zero-order valence-electron chi connectivity index (χ0n) is 13.7.